The molecule has 1 fully saturated rings. The zero-order chi connectivity index (χ0) is 37.1. The standard InChI is InChI=1S/C27H49N9O13/c1-29-16(6-2-8-30-27(46)47)22(41)34-20(14-39)26(45)36(49)9-3-5-15(11-28)21(40)32-18(12-37)24(43)33-19(13-38)23(42)31-17-7-4-10-35(48)25(17)44/h15-20,29-30,37-39,48-49H,2-14,28H2,1H3,(H,31,42)(H,32,40)(H,33,43)(H,34,41)(H,46,47)/t15-,16-,17-,18?,19?,20?/m0/s1. The second-order valence-electron chi connectivity index (χ2n) is 11.1. The average Bonchev–Trinajstić information content (AvgIpc) is 3.07. The number of rotatable bonds is 22. The highest BCUT2D eigenvalue weighted by molar-refractivity contribution is 5.94. The van der Waals surface area contributed by atoms with Gasteiger partial charge in [-0.05, 0) is 45.6 Å². The van der Waals surface area contributed by atoms with Crippen LogP contribution in [0.2, 0.25) is 0 Å². The van der Waals surface area contributed by atoms with E-state index in [0.29, 0.717) is 17.9 Å². The molecule has 1 heterocycles. The number of likely N-dealkylation sites (N-methyl/N-ethyl adjacent to an activating group) is 1. The van der Waals surface area contributed by atoms with Crippen LogP contribution in [0.1, 0.15) is 38.5 Å². The Labute approximate surface area is 281 Å². The fraction of sp³-hybridized carbons (Fsp3) is 0.741. The molecule has 0 aromatic heterocycles. The van der Waals surface area contributed by atoms with Crippen LogP contribution in [0.25, 0.3) is 0 Å². The van der Waals surface area contributed by atoms with Crippen LogP contribution in [0.4, 0.5) is 4.79 Å². The first kappa shape index (κ1) is 42.8. The van der Waals surface area contributed by atoms with Gasteiger partial charge in [-0.25, -0.2) is 14.9 Å². The maximum absolute atomic E-state index is 12.8. The van der Waals surface area contributed by atoms with Gasteiger partial charge in [0.1, 0.15) is 24.2 Å². The molecule has 280 valence electrons. The Bertz CT molecular complexity index is 1130. The molecule has 14 N–H and O–H groups in total. The summed E-state index contributed by atoms with van der Waals surface area (Å²) >= 11 is 0. The molecule has 6 atom stereocenters. The van der Waals surface area contributed by atoms with Crippen molar-refractivity contribution in [3.8, 4) is 0 Å². The molecule has 1 rings (SSSR count). The molecule has 22 nitrogen and oxygen atoms in total. The van der Waals surface area contributed by atoms with Crippen LogP contribution in [0.5, 0.6) is 0 Å². The molecule has 7 amide bonds. The maximum Gasteiger partial charge on any atom is 0.404 e. The van der Waals surface area contributed by atoms with Gasteiger partial charge in [-0.1, -0.05) is 0 Å². The number of nitrogens with two attached hydrogens (primary N) is 1. The lowest BCUT2D eigenvalue weighted by Crippen LogP contribution is -2.59. The highest BCUT2D eigenvalue weighted by Crippen LogP contribution is 2.10. The van der Waals surface area contributed by atoms with E-state index in [1.54, 1.807) is 0 Å². The molecule has 0 aliphatic carbocycles. The van der Waals surface area contributed by atoms with Crippen molar-refractivity contribution in [2.75, 3.05) is 53.0 Å². The highest BCUT2D eigenvalue weighted by atomic mass is 16.5. The lowest BCUT2D eigenvalue weighted by atomic mass is 10.0. The smallest absolute Gasteiger partial charge is 0.404 e. The molecule has 49 heavy (non-hydrogen) atoms. The molecule has 0 saturated carbocycles. The van der Waals surface area contributed by atoms with Crippen molar-refractivity contribution >= 4 is 41.5 Å². The summed E-state index contributed by atoms with van der Waals surface area (Å²) in [5, 5.41) is 72.1. The van der Waals surface area contributed by atoms with Gasteiger partial charge in [0.15, 0.2) is 0 Å². The van der Waals surface area contributed by atoms with E-state index in [4.69, 9.17) is 10.8 Å². The van der Waals surface area contributed by atoms with Crippen molar-refractivity contribution in [3.63, 3.8) is 0 Å². The second kappa shape index (κ2) is 22.4. The van der Waals surface area contributed by atoms with E-state index in [1.807, 2.05) is 0 Å². The number of piperidine rings is 1. The Hall–Kier alpha value is -4.19. The first-order valence-electron chi connectivity index (χ1n) is 15.6. The van der Waals surface area contributed by atoms with E-state index >= 15 is 0 Å². The predicted octanol–water partition coefficient (Wildman–Crippen LogP) is -5.88. The first-order chi connectivity index (χ1) is 23.2. The van der Waals surface area contributed by atoms with Gasteiger partial charge in [-0.15, -0.1) is 0 Å². The lowest BCUT2D eigenvalue weighted by molar-refractivity contribution is -0.173. The van der Waals surface area contributed by atoms with E-state index in [1.165, 1.54) is 7.05 Å². The van der Waals surface area contributed by atoms with Gasteiger partial charge in [0.2, 0.25) is 23.6 Å². The Kier molecular flexibility index (Phi) is 19.6. The molecular formula is C27H49N9O13. The largest absolute Gasteiger partial charge is 0.465 e. The summed E-state index contributed by atoms with van der Waals surface area (Å²) in [7, 11) is 1.47. The molecule has 22 heteroatoms. The number of aliphatic hydroxyl groups excluding tert-OH is 3. The summed E-state index contributed by atoms with van der Waals surface area (Å²) in [6, 6.07) is -6.55. The molecule has 0 bridgehead atoms. The third-order valence-corrected chi connectivity index (χ3v) is 7.60. The lowest BCUT2D eigenvalue weighted by Gasteiger charge is -2.29. The van der Waals surface area contributed by atoms with Crippen molar-refractivity contribution in [3.05, 3.63) is 0 Å². The van der Waals surface area contributed by atoms with Crippen molar-refractivity contribution in [2.45, 2.75) is 68.7 Å². The summed E-state index contributed by atoms with van der Waals surface area (Å²) in [6.07, 6.45) is -0.136. The third kappa shape index (κ3) is 14.4. The van der Waals surface area contributed by atoms with Crippen LogP contribution in [-0.4, -0.2) is 166 Å². The summed E-state index contributed by atoms with van der Waals surface area (Å²) in [5.74, 6) is -6.22. The van der Waals surface area contributed by atoms with E-state index < -0.39 is 97.5 Å². The Balaban J connectivity index is 2.64. The van der Waals surface area contributed by atoms with E-state index in [2.05, 4.69) is 31.9 Å². The van der Waals surface area contributed by atoms with Crippen LogP contribution >= 0.6 is 0 Å². The fourth-order valence-corrected chi connectivity index (χ4v) is 4.71. The normalized spacial score (nSPS) is 17.5. The Morgan fingerprint density at radius 1 is 0.878 bits per heavy atom. The molecule has 0 spiro atoms. The third-order valence-electron chi connectivity index (χ3n) is 7.60. The Morgan fingerprint density at radius 3 is 2.02 bits per heavy atom. The summed E-state index contributed by atoms with van der Waals surface area (Å²) in [6.45, 7) is -3.07. The zero-order valence-corrected chi connectivity index (χ0v) is 27.2. The maximum atomic E-state index is 12.8. The number of hydroxylamine groups is 4. The fourth-order valence-electron chi connectivity index (χ4n) is 4.71. The SMILES string of the molecule is CN[C@@H](CCCNC(=O)O)C(=O)NC(CO)C(=O)N(O)CCC[C@@H](CN)C(=O)NC(CO)C(=O)NC(CO)C(=O)N[C@H]1CCCN(O)C1=O. The number of hydrogen-bond donors (Lipinski definition) is 13. The molecular weight excluding hydrogens is 658 g/mol. The van der Waals surface area contributed by atoms with Crippen LogP contribution in [-0.2, 0) is 28.8 Å². The van der Waals surface area contributed by atoms with Gasteiger partial charge < -0.3 is 58.1 Å². The van der Waals surface area contributed by atoms with Crippen LogP contribution in [0, 0.1) is 5.92 Å². The average molecular weight is 708 g/mol. The second-order valence-corrected chi connectivity index (χ2v) is 11.1. The van der Waals surface area contributed by atoms with E-state index in [0.717, 1.165) is 0 Å². The number of nitrogens with one attached hydrogen (secondary N) is 6. The monoisotopic (exact) mass is 707 g/mol. The molecule has 0 aromatic rings. The van der Waals surface area contributed by atoms with Gasteiger partial charge in [0, 0.05) is 26.2 Å². The molecule has 1 aliphatic heterocycles. The van der Waals surface area contributed by atoms with Crippen molar-refractivity contribution in [1.29, 1.82) is 0 Å². The summed E-state index contributed by atoms with van der Waals surface area (Å²) in [4.78, 5) is 85.9. The minimum absolute atomic E-state index is 0.00671. The molecule has 1 saturated heterocycles. The van der Waals surface area contributed by atoms with Crippen LogP contribution < -0.4 is 37.6 Å². The minimum Gasteiger partial charge on any atom is -0.465 e. The minimum atomic E-state index is -1.58. The van der Waals surface area contributed by atoms with Crippen LogP contribution in [0.15, 0.2) is 0 Å². The number of carbonyl (C=O) groups is 7. The van der Waals surface area contributed by atoms with Gasteiger partial charge >= 0.3 is 6.09 Å². The number of carboxylic acid groups (broad SMARTS) is 1. The van der Waals surface area contributed by atoms with Crippen LogP contribution in [0.3, 0.4) is 0 Å². The number of amides is 7. The molecule has 3 unspecified atom stereocenters. The van der Waals surface area contributed by atoms with Gasteiger partial charge in [-0.2, -0.15) is 0 Å². The number of hydrogen-bond acceptors (Lipinski definition) is 14. The zero-order valence-electron chi connectivity index (χ0n) is 27.2. The quantitative estimate of drug-likeness (QED) is 0.0283. The number of carbonyl (C=O) groups excluding carboxylic acids is 6. The van der Waals surface area contributed by atoms with E-state index in [-0.39, 0.29) is 56.9 Å². The van der Waals surface area contributed by atoms with Gasteiger partial charge in [0.25, 0.3) is 11.8 Å². The molecule has 1 aliphatic rings. The number of nitrogens with zero attached hydrogens (tertiary/aromatic N) is 2. The summed E-state index contributed by atoms with van der Waals surface area (Å²) in [5.41, 5.74) is 5.70. The first-order valence-corrected chi connectivity index (χ1v) is 15.6. The van der Waals surface area contributed by atoms with Crippen molar-refractivity contribution < 1.29 is 64.4 Å². The van der Waals surface area contributed by atoms with Crippen molar-refractivity contribution in [1.82, 2.24) is 42.0 Å². The number of aliphatic hydroxyl groups is 3. The topological polar surface area (TPSA) is 346 Å². The summed E-state index contributed by atoms with van der Waals surface area (Å²) < 4.78 is 0. The Morgan fingerprint density at radius 2 is 1.45 bits per heavy atom. The van der Waals surface area contributed by atoms with E-state index in [9.17, 15) is 59.3 Å². The van der Waals surface area contributed by atoms with Gasteiger partial charge in [0.05, 0.1) is 31.8 Å². The highest BCUT2D eigenvalue weighted by Gasteiger charge is 2.33. The van der Waals surface area contributed by atoms with Gasteiger partial charge in [-0.3, -0.25) is 39.2 Å². The predicted molar refractivity (Wildman–Crippen MR) is 165 cm³/mol. The molecule has 0 aromatic carbocycles. The van der Waals surface area contributed by atoms with Crippen molar-refractivity contribution in [2.24, 2.45) is 11.7 Å². The molecule has 0 radical (unpaired) electrons.